The largest absolute Gasteiger partial charge is 0.381 e. The van der Waals surface area contributed by atoms with Crippen LogP contribution in [0.5, 0.6) is 0 Å². The number of benzene rings is 1. The highest BCUT2D eigenvalue weighted by Gasteiger charge is 2.14. The Hall–Kier alpha value is -0.570. The van der Waals surface area contributed by atoms with Crippen LogP contribution < -0.4 is 5.32 Å². The maximum Gasteiger partial charge on any atom is 0.0472 e. The van der Waals surface area contributed by atoms with Crippen molar-refractivity contribution in [1.82, 2.24) is 5.32 Å². The normalized spacial score (nSPS) is 12.8. The van der Waals surface area contributed by atoms with E-state index in [0.717, 1.165) is 44.2 Å². The molecule has 0 saturated carbocycles. The molecule has 0 heterocycles. The predicted octanol–water partition coefficient (Wildman–Crippen LogP) is 4.88. The average molecular weight is 312 g/mol. The molecule has 0 radical (unpaired) electrons. The minimum atomic E-state index is 0.416. The zero-order valence-electron chi connectivity index (χ0n) is 13.7. The first-order valence-electron chi connectivity index (χ1n) is 8.18. The molecule has 1 atom stereocenters. The van der Waals surface area contributed by atoms with Crippen LogP contribution in [0.4, 0.5) is 0 Å². The smallest absolute Gasteiger partial charge is 0.0472 e. The molecule has 21 heavy (non-hydrogen) atoms. The molecule has 0 aliphatic heterocycles. The Morgan fingerprint density at radius 3 is 2.57 bits per heavy atom. The maximum absolute atomic E-state index is 6.35. The van der Waals surface area contributed by atoms with Crippen molar-refractivity contribution in [2.45, 2.75) is 46.0 Å². The number of hydrogen-bond donors (Lipinski definition) is 1. The predicted molar refractivity (Wildman–Crippen MR) is 92.2 cm³/mol. The monoisotopic (exact) mass is 311 g/mol. The van der Waals surface area contributed by atoms with Crippen LogP contribution in [0.25, 0.3) is 0 Å². The lowest BCUT2D eigenvalue weighted by Crippen LogP contribution is -2.26. The van der Waals surface area contributed by atoms with Gasteiger partial charge in [0, 0.05) is 24.8 Å². The Bertz CT molecular complexity index is 381. The van der Waals surface area contributed by atoms with Crippen LogP contribution in [0.15, 0.2) is 24.3 Å². The van der Waals surface area contributed by atoms with Gasteiger partial charge in [0.1, 0.15) is 0 Å². The molecule has 3 heteroatoms. The molecule has 1 aromatic rings. The van der Waals surface area contributed by atoms with Crippen molar-refractivity contribution in [3.8, 4) is 0 Å². The summed E-state index contributed by atoms with van der Waals surface area (Å²) < 4.78 is 5.72. The van der Waals surface area contributed by atoms with Crippen LogP contribution in [0.2, 0.25) is 5.02 Å². The summed E-state index contributed by atoms with van der Waals surface area (Å²) in [5.74, 6) is 1.08. The Balaban J connectivity index is 2.51. The number of hydrogen-bond acceptors (Lipinski definition) is 2. The second-order valence-electron chi connectivity index (χ2n) is 6.03. The lowest BCUT2D eigenvalue weighted by Gasteiger charge is -2.20. The van der Waals surface area contributed by atoms with Crippen LogP contribution in [-0.4, -0.2) is 26.3 Å². The van der Waals surface area contributed by atoms with Gasteiger partial charge in [0.2, 0.25) is 0 Å². The summed E-state index contributed by atoms with van der Waals surface area (Å²) in [6.45, 7) is 10.3. The van der Waals surface area contributed by atoms with Gasteiger partial charge in [-0.2, -0.15) is 0 Å². The van der Waals surface area contributed by atoms with Crippen LogP contribution in [-0.2, 0) is 4.74 Å². The third kappa shape index (κ3) is 7.85. The summed E-state index contributed by atoms with van der Waals surface area (Å²) in [5.41, 5.74) is 1.23. The van der Waals surface area contributed by atoms with Gasteiger partial charge < -0.3 is 10.1 Å². The van der Waals surface area contributed by atoms with Gasteiger partial charge in [-0.25, -0.2) is 0 Å². The first-order chi connectivity index (χ1) is 10.1. The number of nitrogens with one attached hydrogen (secondary N) is 1. The molecule has 0 aliphatic carbocycles. The number of unbranched alkanes of at least 4 members (excludes halogenated alkanes) is 1. The molecule has 1 rings (SSSR count). The van der Waals surface area contributed by atoms with Gasteiger partial charge in [-0.05, 0) is 42.9 Å². The van der Waals surface area contributed by atoms with Crippen LogP contribution >= 0.6 is 11.6 Å². The maximum atomic E-state index is 6.35. The van der Waals surface area contributed by atoms with Crippen molar-refractivity contribution in [1.29, 1.82) is 0 Å². The van der Waals surface area contributed by atoms with Crippen LogP contribution in [0.1, 0.15) is 51.5 Å². The number of ether oxygens (including phenoxy) is 1. The Labute approximate surface area is 135 Å². The third-order valence-corrected chi connectivity index (χ3v) is 3.89. The molecule has 0 saturated heterocycles. The van der Waals surface area contributed by atoms with E-state index in [0.29, 0.717) is 11.8 Å². The second-order valence-corrected chi connectivity index (χ2v) is 6.43. The molecule has 1 N–H and O–H groups in total. The van der Waals surface area contributed by atoms with Gasteiger partial charge >= 0.3 is 0 Å². The Kier molecular flexibility index (Phi) is 9.73. The van der Waals surface area contributed by atoms with Crippen molar-refractivity contribution in [2.24, 2.45) is 5.92 Å². The molecule has 0 aliphatic rings. The average Bonchev–Trinajstić information content (AvgIpc) is 2.45. The summed E-state index contributed by atoms with van der Waals surface area (Å²) in [6.07, 6.45) is 3.34. The van der Waals surface area contributed by atoms with E-state index in [2.05, 4.69) is 38.2 Å². The van der Waals surface area contributed by atoms with Gasteiger partial charge in [-0.1, -0.05) is 57.0 Å². The highest BCUT2D eigenvalue weighted by molar-refractivity contribution is 6.31. The fourth-order valence-corrected chi connectivity index (χ4v) is 2.58. The molecule has 1 aromatic carbocycles. The van der Waals surface area contributed by atoms with Crippen molar-refractivity contribution in [3.05, 3.63) is 34.9 Å². The lowest BCUT2D eigenvalue weighted by atomic mass is 9.95. The second kappa shape index (κ2) is 11.1. The molecule has 2 nitrogen and oxygen atoms in total. The third-order valence-electron chi connectivity index (χ3n) is 3.54. The topological polar surface area (TPSA) is 21.3 Å². The molecule has 120 valence electrons. The fraction of sp³-hybridized carbons (Fsp3) is 0.667. The summed E-state index contributed by atoms with van der Waals surface area (Å²) in [5, 5.41) is 4.41. The van der Waals surface area contributed by atoms with E-state index in [-0.39, 0.29) is 0 Å². The van der Waals surface area contributed by atoms with Crippen molar-refractivity contribution >= 4 is 11.6 Å². The van der Waals surface area contributed by atoms with E-state index < -0.39 is 0 Å². The standard InChI is InChI=1S/C18H30ClNO/c1-4-5-11-21-12-10-16(14-20-13-15(2)3)17-8-6-7-9-18(17)19/h6-9,15-16,20H,4-5,10-14H2,1-3H3. The summed E-state index contributed by atoms with van der Waals surface area (Å²) >= 11 is 6.35. The lowest BCUT2D eigenvalue weighted by molar-refractivity contribution is 0.124. The zero-order valence-corrected chi connectivity index (χ0v) is 14.5. The van der Waals surface area contributed by atoms with E-state index in [1.165, 1.54) is 12.0 Å². The quantitative estimate of drug-likeness (QED) is 0.588. The molecular weight excluding hydrogens is 282 g/mol. The SMILES string of the molecule is CCCCOCCC(CNCC(C)C)c1ccccc1Cl. The molecule has 0 fully saturated rings. The summed E-state index contributed by atoms with van der Waals surface area (Å²) in [4.78, 5) is 0. The summed E-state index contributed by atoms with van der Waals surface area (Å²) in [7, 11) is 0. The summed E-state index contributed by atoms with van der Waals surface area (Å²) in [6, 6.07) is 8.16. The first-order valence-corrected chi connectivity index (χ1v) is 8.55. The van der Waals surface area contributed by atoms with Gasteiger partial charge in [0.25, 0.3) is 0 Å². The molecule has 0 amide bonds. The van der Waals surface area contributed by atoms with E-state index >= 15 is 0 Å². The number of halogens is 1. The Morgan fingerprint density at radius 2 is 1.90 bits per heavy atom. The van der Waals surface area contributed by atoms with E-state index in [1.807, 2.05) is 12.1 Å². The van der Waals surface area contributed by atoms with E-state index in [9.17, 15) is 0 Å². The minimum Gasteiger partial charge on any atom is -0.381 e. The minimum absolute atomic E-state index is 0.416. The highest BCUT2D eigenvalue weighted by Crippen LogP contribution is 2.26. The molecule has 0 bridgehead atoms. The molecule has 0 spiro atoms. The first kappa shape index (κ1) is 18.5. The Morgan fingerprint density at radius 1 is 1.14 bits per heavy atom. The number of rotatable bonds is 11. The van der Waals surface area contributed by atoms with Gasteiger partial charge in [0.05, 0.1) is 0 Å². The van der Waals surface area contributed by atoms with Gasteiger partial charge in [0.15, 0.2) is 0 Å². The fourth-order valence-electron chi connectivity index (χ4n) is 2.29. The van der Waals surface area contributed by atoms with Crippen molar-refractivity contribution in [2.75, 3.05) is 26.3 Å². The molecule has 0 aromatic heterocycles. The van der Waals surface area contributed by atoms with Crippen LogP contribution in [0, 0.1) is 5.92 Å². The van der Waals surface area contributed by atoms with E-state index in [4.69, 9.17) is 16.3 Å². The molecule has 1 unspecified atom stereocenters. The van der Waals surface area contributed by atoms with Crippen molar-refractivity contribution < 1.29 is 4.74 Å². The van der Waals surface area contributed by atoms with Gasteiger partial charge in [-0.15, -0.1) is 0 Å². The van der Waals surface area contributed by atoms with Crippen molar-refractivity contribution in [3.63, 3.8) is 0 Å². The molecular formula is C18H30ClNO. The van der Waals surface area contributed by atoms with Crippen LogP contribution in [0.3, 0.4) is 0 Å². The van der Waals surface area contributed by atoms with E-state index in [1.54, 1.807) is 0 Å². The van der Waals surface area contributed by atoms with Gasteiger partial charge in [-0.3, -0.25) is 0 Å². The highest BCUT2D eigenvalue weighted by atomic mass is 35.5. The zero-order chi connectivity index (χ0) is 15.5.